The highest BCUT2D eigenvalue weighted by Gasteiger charge is 2.18. The number of aromatic nitrogens is 1. The highest BCUT2D eigenvalue weighted by Crippen LogP contribution is 2.20. The number of carbonyl (C=O) groups excluding carboxylic acids is 2. The van der Waals surface area contributed by atoms with Crippen molar-refractivity contribution in [3.05, 3.63) is 40.9 Å². The van der Waals surface area contributed by atoms with Gasteiger partial charge in [0.1, 0.15) is 11.4 Å². The molecule has 138 valence electrons. The fourth-order valence-electron chi connectivity index (χ4n) is 3.03. The number of hydrogen-bond acceptors (Lipinski definition) is 5. The minimum atomic E-state index is -0.266. The topological polar surface area (TPSA) is 80.3 Å². The van der Waals surface area contributed by atoms with Crippen molar-refractivity contribution in [2.45, 2.75) is 44.6 Å². The molecular formula is C19H23N3O3S. The van der Waals surface area contributed by atoms with Crippen molar-refractivity contribution in [2.24, 2.45) is 0 Å². The van der Waals surface area contributed by atoms with Crippen LogP contribution in [-0.2, 0) is 0 Å². The normalized spacial score (nSPS) is 15.1. The standard InChI is InChI=1S/C19H23N3O3S/c1-25-15-10-8-13(9-11-15)17(23)22-19-21-16(12-26-19)18(24)20-14-6-4-2-3-5-7-14/h8-12,14H,2-7H2,1H3,(H,20,24)(H,21,22,23). The van der Waals surface area contributed by atoms with Gasteiger partial charge in [-0.1, -0.05) is 25.7 Å². The van der Waals surface area contributed by atoms with Crippen LogP contribution in [0.4, 0.5) is 5.13 Å². The molecule has 0 unspecified atom stereocenters. The van der Waals surface area contributed by atoms with Gasteiger partial charge in [0.05, 0.1) is 7.11 Å². The first-order valence-electron chi connectivity index (χ1n) is 8.87. The van der Waals surface area contributed by atoms with Gasteiger partial charge in [0.25, 0.3) is 11.8 Å². The third-order valence-corrected chi connectivity index (χ3v) is 5.26. The van der Waals surface area contributed by atoms with Crippen molar-refractivity contribution in [2.75, 3.05) is 12.4 Å². The molecule has 0 spiro atoms. The van der Waals surface area contributed by atoms with E-state index in [0.717, 1.165) is 25.7 Å². The van der Waals surface area contributed by atoms with E-state index in [1.54, 1.807) is 36.8 Å². The first kappa shape index (κ1) is 18.4. The lowest BCUT2D eigenvalue weighted by molar-refractivity contribution is 0.0927. The summed E-state index contributed by atoms with van der Waals surface area (Å²) in [5, 5.41) is 7.89. The summed E-state index contributed by atoms with van der Waals surface area (Å²) in [6.45, 7) is 0. The maximum Gasteiger partial charge on any atom is 0.271 e. The van der Waals surface area contributed by atoms with Crippen molar-refractivity contribution >= 4 is 28.3 Å². The zero-order valence-electron chi connectivity index (χ0n) is 14.8. The van der Waals surface area contributed by atoms with Gasteiger partial charge in [-0.25, -0.2) is 4.98 Å². The van der Waals surface area contributed by atoms with E-state index in [9.17, 15) is 9.59 Å². The molecule has 1 heterocycles. The lowest BCUT2D eigenvalue weighted by atomic mass is 10.1. The van der Waals surface area contributed by atoms with E-state index in [1.165, 1.54) is 24.2 Å². The van der Waals surface area contributed by atoms with Gasteiger partial charge >= 0.3 is 0 Å². The molecule has 26 heavy (non-hydrogen) atoms. The summed E-state index contributed by atoms with van der Waals surface area (Å²) in [4.78, 5) is 28.9. The van der Waals surface area contributed by atoms with Crippen molar-refractivity contribution in [1.82, 2.24) is 10.3 Å². The van der Waals surface area contributed by atoms with Gasteiger partial charge in [0, 0.05) is 17.0 Å². The number of nitrogens with one attached hydrogen (secondary N) is 2. The first-order chi connectivity index (χ1) is 12.7. The Labute approximate surface area is 157 Å². The van der Waals surface area contributed by atoms with Gasteiger partial charge in [-0.3, -0.25) is 14.9 Å². The Hall–Kier alpha value is -2.41. The predicted molar refractivity (Wildman–Crippen MR) is 102 cm³/mol. The Morgan fingerprint density at radius 3 is 2.42 bits per heavy atom. The van der Waals surface area contributed by atoms with Crippen LogP contribution >= 0.6 is 11.3 Å². The molecule has 0 bridgehead atoms. The van der Waals surface area contributed by atoms with Crippen LogP contribution in [0.2, 0.25) is 0 Å². The summed E-state index contributed by atoms with van der Waals surface area (Å²) in [7, 11) is 1.58. The van der Waals surface area contributed by atoms with Gasteiger partial charge in [0.15, 0.2) is 5.13 Å². The van der Waals surface area contributed by atoms with Crippen molar-refractivity contribution in [3.63, 3.8) is 0 Å². The number of anilines is 1. The van der Waals surface area contributed by atoms with Crippen LogP contribution in [0, 0.1) is 0 Å². The summed E-state index contributed by atoms with van der Waals surface area (Å²) in [6, 6.07) is 7.04. The molecule has 2 N–H and O–H groups in total. The zero-order chi connectivity index (χ0) is 18.4. The van der Waals surface area contributed by atoms with E-state index in [4.69, 9.17) is 4.74 Å². The molecule has 1 saturated carbocycles. The second-order valence-corrected chi connectivity index (χ2v) is 7.24. The summed E-state index contributed by atoms with van der Waals surface area (Å²) in [5.41, 5.74) is 0.856. The monoisotopic (exact) mass is 373 g/mol. The number of ether oxygens (including phenoxy) is 1. The number of thiazole rings is 1. The Kier molecular flexibility index (Phi) is 6.22. The first-order valence-corrected chi connectivity index (χ1v) is 9.75. The van der Waals surface area contributed by atoms with Crippen LogP contribution < -0.4 is 15.4 Å². The van der Waals surface area contributed by atoms with E-state index in [2.05, 4.69) is 15.6 Å². The van der Waals surface area contributed by atoms with E-state index in [0.29, 0.717) is 22.1 Å². The second-order valence-electron chi connectivity index (χ2n) is 6.38. The number of nitrogens with zero attached hydrogens (tertiary/aromatic N) is 1. The summed E-state index contributed by atoms with van der Waals surface area (Å²) < 4.78 is 5.08. The fraction of sp³-hybridized carbons (Fsp3) is 0.421. The van der Waals surface area contributed by atoms with Crippen molar-refractivity contribution in [3.8, 4) is 5.75 Å². The molecule has 1 fully saturated rings. The molecule has 6 nitrogen and oxygen atoms in total. The Morgan fingerprint density at radius 2 is 1.77 bits per heavy atom. The van der Waals surface area contributed by atoms with Gasteiger partial charge in [-0.15, -0.1) is 11.3 Å². The number of rotatable bonds is 5. The number of benzene rings is 1. The Morgan fingerprint density at radius 1 is 1.08 bits per heavy atom. The number of carbonyl (C=O) groups is 2. The lowest BCUT2D eigenvalue weighted by Gasteiger charge is -2.15. The maximum atomic E-state index is 12.4. The molecule has 0 atom stereocenters. The molecule has 0 saturated heterocycles. The molecule has 1 aromatic carbocycles. The van der Waals surface area contributed by atoms with Gasteiger partial charge in [0.2, 0.25) is 0 Å². The Balaban J connectivity index is 1.57. The highest BCUT2D eigenvalue weighted by atomic mass is 32.1. The van der Waals surface area contributed by atoms with Crippen LogP contribution in [0.15, 0.2) is 29.6 Å². The van der Waals surface area contributed by atoms with E-state index in [-0.39, 0.29) is 17.9 Å². The molecule has 1 aliphatic carbocycles. The van der Waals surface area contributed by atoms with E-state index in [1.807, 2.05) is 0 Å². The molecule has 2 amide bonds. The molecule has 0 radical (unpaired) electrons. The average Bonchev–Trinajstić information content (AvgIpc) is 2.97. The number of methoxy groups -OCH3 is 1. The van der Waals surface area contributed by atoms with Gasteiger partial charge in [-0.2, -0.15) is 0 Å². The predicted octanol–water partition coefficient (Wildman–Crippen LogP) is 3.86. The van der Waals surface area contributed by atoms with Gasteiger partial charge in [-0.05, 0) is 37.1 Å². The van der Waals surface area contributed by atoms with Crippen LogP contribution in [0.1, 0.15) is 59.4 Å². The van der Waals surface area contributed by atoms with Crippen LogP contribution in [0.5, 0.6) is 5.75 Å². The summed E-state index contributed by atoms with van der Waals surface area (Å²) in [6.07, 6.45) is 6.85. The third-order valence-electron chi connectivity index (χ3n) is 4.50. The molecule has 2 aromatic rings. The second kappa shape index (κ2) is 8.80. The van der Waals surface area contributed by atoms with Crippen LogP contribution in [-0.4, -0.2) is 29.9 Å². The quantitative estimate of drug-likeness (QED) is 0.780. The third kappa shape index (κ3) is 4.82. The number of amides is 2. The Bertz CT molecular complexity index is 750. The molecule has 1 aliphatic rings. The van der Waals surface area contributed by atoms with Crippen LogP contribution in [0.25, 0.3) is 0 Å². The summed E-state index contributed by atoms with van der Waals surface area (Å²) >= 11 is 1.25. The average molecular weight is 373 g/mol. The maximum absolute atomic E-state index is 12.4. The molecular weight excluding hydrogens is 350 g/mol. The smallest absolute Gasteiger partial charge is 0.271 e. The zero-order valence-corrected chi connectivity index (χ0v) is 15.6. The largest absolute Gasteiger partial charge is 0.497 e. The van der Waals surface area contributed by atoms with Crippen molar-refractivity contribution in [1.29, 1.82) is 0 Å². The molecule has 0 aliphatic heterocycles. The molecule has 1 aromatic heterocycles. The number of hydrogen-bond donors (Lipinski definition) is 2. The van der Waals surface area contributed by atoms with Crippen LogP contribution in [0.3, 0.4) is 0 Å². The minimum absolute atomic E-state index is 0.168. The molecule has 3 rings (SSSR count). The van der Waals surface area contributed by atoms with Crippen molar-refractivity contribution < 1.29 is 14.3 Å². The lowest BCUT2D eigenvalue weighted by Crippen LogP contribution is -2.34. The molecule has 7 heteroatoms. The minimum Gasteiger partial charge on any atom is -0.497 e. The van der Waals surface area contributed by atoms with Gasteiger partial charge < -0.3 is 10.1 Å². The van der Waals surface area contributed by atoms with E-state index >= 15 is 0 Å². The highest BCUT2D eigenvalue weighted by molar-refractivity contribution is 7.14. The fourth-order valence-corrected chi connectivity index (χ4v) is 3.72. The SMILES string of the molecule is COc1ccc(C(=O)Nc2nc(C(=O)NC3CCCCCC3)cs2)cc1. The van der Waals surface area contributed by atoms with E-state index < -0.39 is 0 Å². The summed E-state index contributed by atoms with van der Waals surface area (Å²) in [5.74, 6) is 0.254.